The molecule has 0 radical (unpaired) electrons. The van der Waals surface area contributed by atoms with Crippen molar-refractivity contribution in [1.82, 2.24) is 0 Å². The number of hydrogen-bond acceptors (Lipinski definition) is 3. The number of carbonyl (C=O) groups is 1. The molecule has 0 bridgehead atoms. The van der Waals surface area contributed by atoms with Crippen LogP contribution < -0.4 is 0 Å². The van der Waals surface area contributed by atoms with Gasteiger partial charge in [0.2, 0.25) is 0 Å². The fraction of sp³-hybridized carbons (Fsp3) is 0.917. The predicted octanol–water partition coefficient (Wildman–Crippen LogP) is 2.66. The summed E-state index contributed by atoms with van der Waals surface area (Å²) in [7, 11) is 0.300. The zero-order valence-electron chi connectivity index (χ0n) is 10.7. The van der Waals surface area contributed by atoms with Crippen molar-refractivity contribution in [2.45, 2.75) is 57.6 Å². The Balaban J connectivity index is 4.15. The third kappa shape index (κ3) is 6.26. The van der Waals surface area contributed by atoms with Gasteiger partial charge in [0, 0.05) is 16.6 Å². The SMILES string of the molecule is CCCCCS(=O)C(CCCC)C(=O)OC. The maximum atomic E-state index is 11.9. The minimum atomic E-state index is -1.07. The summed E-state index contributed by atoms with van der Waals surface area (Å²) in [6.45, 7) is 4.17. The van der Waals surface area contributed by atoms with E-state index in [0.29, 0.717) is 12.2 Å². The zero-order valence-corrected chi connectivity index (χ0v) is 11.5. The van der Waals surface area contributed by atoms with Crippen molar-refractivity contribution in [3.05, 3.63) is 0 Å². The Hall–Kier alpha value is -0.380. The largest absolute Gasteiger partial charge is 0.468 e. The van der Waals surface area contributed by atoms with Crippen molar-refractivity contribution >= 4 is 16.8 Å². The number of unbranched alkanes of at least 4 members (excludes halogenated alkanes) is 3. The van der Waals surface area contributed by atoms with Gasteiger partial charge in [-0.05, 0) is 12.8 Å². The molecule has 0 aromatic rings. The van der Waals surface area contributed by atoms with Crippen LogP contribution in [0.25, 0.3) is 0 Å². The first kappa shape index (κ1) is 15.6. The molecule has 2 atom stereocenters. The minimum Gasteiger partial charge on any atom is -0.468 e. The van der Waals surface area contributed by atoms with Crippen LogP contribution in [0.5, 0.6) is 0 Å². The first-order valence-corrected chi connectivity index (χ1v) is 7.50. The summed E-state index contributed by atoms with van der Waals surface area (Å²) in [6, 6.07) is 0. The summed E-state index contributed by atoms with van der Waals surface area (Å²) < 4.78 is 16.6. The first-order valence-electron chi connectivity index (χ1n) is 6.12. The van der Waals surface area contributed by atoms with Gasteiger partial charge in [-0.2, -0.15) is 0 Å². The lowest BCUT2D eigenvalue weighted by Crippen LogP contribution is -2.28. The van der Waals surface area contributed by atoms with Gasteiger partial charge in [0.25, 0.3) is 0 Å². The standard InChI is InChI=1S/C12H24O3S/c1-4-6-8-10-16(14)11(9-7-5-2)12(13)15-3/h11H,4-10H2,1-3H3. The predicted molar refractivity (Wildman–Crippen MR) is 67.9 cm³/mol. The van der Waals surface area contributed by atoms with E-state index < -0.39 is 16.0 Å². The molecule has 0 aliphatic heterocycles. The average Bonchev–Trinajstić information content (AvgIpc) is 2.29. The van der Waals surface area contributed by atoms with Crippen molar-refractivity contribution in [1.29, 1.82) is 0 Å². The van der Waals surface area contributed by atoms with Crippen molar-refractivity contribution in [2.75, 3.05) is 12.9 Å². The number of methoxy groups -OCH3 is 1. The smallest absolute Gasteiger partial charge is 0.321 e. The first-order chi connectivity index (χ1) is 7.67. The second-order valence-corrected chi connectivity index (χ2v) is 5.68. The lowest BCUT2D eigenvalue weighted by atomic mass is 10.2. The van der Waals surface area contributed by atoms with Crippen molar-refractivity contribution in [3.8, 4) is 0 Å². The van der Waals surface area contributed by atoms with Gasteiger partial charge in [-0.15, -0.1) is 0 Å². The molecule has 0 spiro atoms. The molecular weight excluding hydrogens is 224 g/mol. The van der Waals surface area contributed by atoms with Crippen molar-refractivity contribution in [2.24, 2.45) is 0 Å². The third-order valence-corrected chi connectivity index (χ3v) is 4.30. The second-order valence-electron chi connectivity index (χ2n) is 3.95. The molecule has 0 heterocycles. The molecule has 0 saturated heterocycles. The highest BCUT2D eigenvalue weighted by molar-refractivity contribution is 7.86. The summed E-state index contributed by atoms with van der Waals surface area (Å²) in [5.41, 5.74) is 0. The number of carbonyl (C=O) groups excluding carboxylic acids is 1. The lowest BCUT2D eigenvalue weighted by Gasteiger charge is -2.13. The molecule has 0 amide bonds. The molecule has 0 saturated carbocycles. The number of esters is 1. The fourth-order valence-corrected chi connectivity index (χ4v) is 3.03. The molecule has 4 heteroatoms. The molecule has 0 aliphatic carbocycles. The van der Waals surface area contributed by atoms with Crippen molar-refractivity contribution in [3.63, 3.8) is 0 Å². The Morgan fingerprint density at radius 2 is 1.81 bits per heavy atom. The van der Waals surface area contributed by atoms with E-state index in [4.69, 9.17) is 4.74 Å². The highest BCUT2D eigenvalue weighted by Gasteiger charge is 2.24. The van der Waals surface area contributed by atoms with Crippen LogP contribution in [0.1, 0.15) is 52.4 Å². The Kier molecular flexibility index (Phi) is 9.59. The van der Waals surface area contributed by atoms with Gasteiger partial charge < -0.3 is 4.74 Å². The van der Waals surface area contributed by atoms with E-state index in [0.717, 1.165) is 32.1 Å². The number of ether oxygens (including phenoxy) is 1. The van der Waals surface area contributed by atoms with E-state index in [1.54, 1.807) is 0 Å². The van der Waals surface area contributed by atoms with E-state index >= 15 is 0 Å². The van der Waals surface area contributed by atoms with Gasteiger partial charge in [0.15, 0.2) is 0 Å². The molecule has 0 N–H and O–H groups in total. The van der Waals surface area contributed by atoms with Crippen LogP contribution in [0.3, 0.4) is 0 Å². The highest BCUT2D eigenvalue weighted by atomic mass is 32.2. The van der Waals surface area contributed by atoms with Crippen LogP contribution >= 0.6 is 0 Å². The second kappa shape index (κ2) is 9.82. The molecule has 0 aliphatic rings. The van der Waals surface area contributed by atoms with Crippen LogP contribution in [0.2, 0.25) is 0 Å². The van der Waals surface area contributed by atoms with Crippen LogP contribution in [0, 0.1) is 0 Å². The summed E-state index contributed by atoms with van der Waals surface area (Å²) in [4.78, 5) is 11.5. The molecule has 16 heavy (non-hydrogen) atoms. The summed E-state index contributed by atoms with van der Waals surface area (Å²) in [5, 5.41) is -0.415. The Bertz CT molecular complexity index is 216. The van der Waals surface area contributed by atoms with Gasteiger partial charge in [0.05, 0.1) is 7.11 Å². The lowest BCUT2D eigenvalue weighted by molar-refractivity contribution is -0.140. The van der Waals surface area contributed by atoms with Gasteiger partial charge in [0.1, 0.15) is 5.25 Å². The van der Waals surface area contributed by atoms with Crippen LogP contribution in [-0.2, 0) is 20.3 Å². The quantitative estimate of drug-likeness (QED) is 0.465. The normalized spacial score (nSPS) is 14.4. The Morgan fingerprint density at radius 3 is 2.31 bits per heavy atom. The van der Waals surface area contributed by atoms with E-state index in [-0.39, 0.29) is 5.97 Å². The monoisotopic (exact) mass is 248 g/mol. The maximum Gasteiger partial charge on any atom is 0.321 e. The molecule has 2 unspecified atom stereocenters. The third-order valence-electron chi connectivity index (χ3n) is 2.55. The van der Waals surface area contributed by atoms with Gasteiger partial charge in [-0.3, -0.25) is 9.00 Å². The molecule has 0 aromatic heterocycles. The number of hydrogen-bond donors (Lipinski definition) is 0. The van der Waals surface area contributed by atoms with Gasteiger partial charge in [-0.25, -0.2) is 0 Å². The molecule has 3 nitrogen and oxygen atoms in total. The van der Waals surface area contributed by atoms with E-state index in [1.807, 2.05) is 0 Å². The van der Waals surface area contributed by atoms with E-state index in [9.17, 15) is 9.00 Å². The number of rotatable bonds is 9. The molecule has 0 rings (SSSR count). The molecule has 0 aromatic carbocycles. The highest BCUT2D eigenvalue weighted by Crippen LogP contribution is 2.11. The van der Waals surface area contributed by atoms with Gasteiger partial charge in [-0.1, -0.05) is 39.5 Å². The van der Waals surface area contributed by atoms with Crippen molar-refractivity contribution < 1.29 is 13.7 Å². The average molecular weight is 248 g/mol. The summed E-state index contributed by atoms with van der Waals surface area (Å²) in [6.07, 6.45) is 5.74. The summed E-state index contributed by atoms with van der Waals surface area (Å²) in [5.74, 6) is 0.306. The zero-order chi connectivity index (χ0) is 12.4. The maximum absolute atomic E-state index is 11.9. The van der Waals surface area contributed by atoms with Crippen LogP contribution in [0.15, 0.2) is 0 Å². The topological polar surface area (TPSA) is 43.4 Å². The Morgan fingerprint density at radius 1 is 1.19 bits per heavy atom. The van der Waals surface area contributed by atoms with E-state index in [2.05, 4.69) is 13.8 Å². The fourth-order valence-electron chi connectivity index (χ4n) is 1.51. The van der Waals surface area contributed by atoms with Gasteiger partial charge >= 0.3 is 5.97 Å². The van der Waals surface area contributed by atoms with Crippen LogP contribution in [0.4, 0.5) is 0 Å². The summed E-state index contributed by atoms with van der Waals surface area (Å²) >= 11 is 0. The van der Waals surface area contributed by atoms with Crippen LogP contribution in [-0.4, -0.2) is 28.3 Å². The Labute approximate surface area is 101 Å². The molecule has 0 fully saturated rings. The minimum absolute atomic E-state index is 0.316. The molecular formula is C12H24O3S. The molecule has 96 valence electrons. The van der Waals surface area contributed by atoms with E-state index in [1.165, 1.54) is 7.11 Å².